The second-order valence-electron chi connectivity index (χ2n) is 4.69. The van der Waals surface area contributed by atoms with Crippen LogP contribution in [0.2, 0.25) is 0 Å². The van der Waals surface area contributed by atoms with Gasteiger partial charge in [0.05, 0.1) is 12.1 Å². The Morgan fingerprint density at radius 2 is 2.16 bits per heavy atom. The summed E-state index contributed by atoms with van der Waals surface area (Å²) in [7, 11) is 1.73. The lowest BCUT2D eigenvalue weighted by Crippen LogP contribution is -2.39. The lowest BCUT2D eigenvalue weighted by Gasteiger charge is -2.16. The Kier molecular flexibility index (Phi) is 3.59. The Bertz CT molecular complexity index is 512. The van der Waals surface area contributed by atoms with E-state index in [0.29, 0.717) is 6.04 Å². The van der Waals surface area contributed by atoms with Gasteiger partial charge in [-0.25, -0.2) is 0 Å². The summed E-state index contributed by atoms with van der Waals surface area (Å²) in [5.41, 5.74) is 6.08. The van der Waals surface area contributed by atoms with Crippen LogP contribution in [0, 0.1) is 0 Å². The Morgan fingerprint density at radius 1 is 1.47 bits per heavy atom. The molecule has 102 valence electrons. The van der Waals surface area contributed by atoms with Crippen LogP contribution in [-0.2, 0) is 4.79 Å². The van der Waals surface area contributed by atoms with Crippen LogP contribution >= 0.6 is 0 Å². The van der Waals surface area contributed by atoms with Crippen molar-refractivity contribution in [3.63, 3.8) is 0 Å². The van der Waals surface area contributed by atoms with Crippen LogP contribution in [0.25, 0.3) is 0 Å². The maximum atomic E-state index is 11.9. The molecule has 0 heterocycles. The van der Waals surface area contributed by atoms with Gasteiger partial charge in [-0.05, 0) is 31.0 Å². The highest BCUT2D eigenvalue weighted by Crippen LogP contribution is 2.25. The van der Waals surface area contributed by atoms with E-state index < -0.39 is 5.91 Å². The number of phenolic OH excluding ortho intramolecular Hbond substituents is 1. The van der Waals surface area contributed by atoms with Crippen molar-refractivity contribution in [2.45, 2.75) is 18.9 Å². The summed E-state index contributed by atoms with van der Waals surface area (Å²) in [6.07, 6.45) is 2.05. The highest BCUT2D eigenvalue weighted by Gasteiger charge is 2.29. The minimum absolute atomic E-state index is 0.0409. The van der Waals surface area contributed by atoms with Gasteiger partial charge in [0.1, 0.15) is 5.75 Å². The molecule has 0 radical (unpaired) electrons. The van der Waals surface area contributed by atoms with E-state index in [1.54, 1.807) is 11.9 Å². The predicted molar refractivity (Wildman–Crippen MR) is 70.6 cm³/mol. The Hall–Kier alpha value is -2.24. The molecule has 0 aromatic heterocycles. The van der Waals surface area contributed by atoms with Crippen LogP contribution in [-0.4, -0.2) is 41.5 Å². The minimum Gasteiger partial charge on any atom is -0.508 e. The molecule has 6 heteroatoms. The van der Waals surface area contributed by atoms with E-state index in [4.69, 9.17) is 5.73 Å². The zero-order chi connectivity index (χ0) is 14.0. The molecule has 0 spiro atoms. The molecule has 0 bridgehead atoms. The van der Waals surface area contributed by atoms with Crippen molar-refractivity contribution in [3.05, 3.63) is 23.8 Å². The van der Waals surface area contributed by atoms with Gasteiger partial charge in [-0.3, -0.25) is 9.59 Å². The van der Waals surface area contributed by atoms with Gasteiger partial charge in [0.15, 0.2) is 0 Å². The number of hydrogen-bond donors (Lipinski definition) is 3. The summed E-state index contributed by atoms with van der Waals surface area (Å²) in [6, 6.07) is 4.44. The van der Waals surface area contributed by atoms with Crippen molar-refractivity contribution in [2.75, 3.05) is 19.3 Å². The summed E-state index contributed by atoms with van der Waals surface area (Å²) in [4.78, 5) is 25.2. The molecule has 1 aromatic carbocycles. The van der Waals surface area contributed by atoms with Crippen molar-refractivity contribution in [1.82, 2.24) is 10.2 Å². The van der Waals surface area contributed by atoms with Crippen molar-refractivity contribution < 1.29 is 14.7 Å². The standard InChI is InChI=1S/C13H17N3O3/c1-16(8-2-3-8)12(18)7-15-13(19)10-6-9(17)4-5-11(10)14/h4-6,8,17H,2-3,7,14H2,1H3,(H,15,19). The first-order chi connectivity index (χ1) is 8.99. The molecule has 1 aromatic rings. The molecule has 1 aliphatic carbocycles. The predicted octanol–water partition coefficient (Wildman–Crippen LogP) is 0.325. The SMILES string of the molecule is CN(C(=O)CNC(=O)c1cc(O)ccc1N)C1CC1. The molecule has 4 N–H and O–H groups in total. The lowest BCUT2D eigenvalue weighted by molar-refractivity contribution is -0.129. The summed E-state index contributed by atoms with van der Waals surface area (Å²) < 4.78 is 0. The fraction of sp³-hybridized carbons (Fsp3) is 0.385. The van der Waals surface area contributed by atoms with E-state index >= 15 is 0 Å². The molecule has 6 nitrogen and oxygen atoms in total. The largest absolute Gasteiger partial charge is 0.508 e. The third kappa shape index (κ3) is 3.15. The third-order valence-electron chi connectivity index (χ3n) is 3.17. The number of carbonyl (C=O) groups is 2. The Labute approximate surface area is 111 Å². The minimum atomic E-state index is -0.467. The van der Waals surface area contributed by atoms with E-state index in [0.717, 1.165) is 12.8 Å². The number of likely N-dealkylation sites (N-methyl/N-ethyl adjacent to an activating group) is 1. The first kappa shape index (κ1) is 13.2. The normalized spacial score (nSPS) is 13.9. The van der Waals surface area contributed by atoms with Crippen LogP contribution in [0.3, 0.4) is 0 Å². The van der Waals surface area contributed by atoms with E-state index in [2.05, 4.69) is 5.32 Å². The number of aromatic hydroxyl groups is 1. The van der Waals surface area contributed by atoms with Crippen LogP contribution in [0.5, 0.6) is 5.75 Å². The van der Waals surface area contributed by atoms with Crippen LogP contribution in [0.15, 0.2) is 18.2 Å². The van der Waals surface area contributed by atoms with Crippen LogP contribution in [0.4, 0.5) is 5.69 Å². The second-order valence-corrected chi connectivity index (χ2v) is 4.69. The first-order valence-corrected chi connectivity index (χ1v) is 6.11. The number of benzene rings is 1. The first-order valence-electron chi connectivity index (χ1n) is 6.11. The molecule has 2 amide bonds. The number of rotatable bonds is 4. The van der Waals surface area contributed by atoms with Gasteiger partial charge in [0, 0.05) is 18.8 Å². The lowest BCUT2D eigenvalue weighted by atomic mass is 10.1. The highest BCUT2D eigenvalue weighted by molar-refractivity contribution is 6.01. The second kappa shape index (κ2) is 5.17. The summed E-state index contributed by atoms with van der Waals surface area (Å²) in [5.74, 6) is -0.638. The number of phenols is 1. The number of nitrogens with one attached hydrogen (secondary N) is 1. The number of carbonyl (C=O) groups excluding carboxylic acids is 2. The fourth-order valence-electron chi connectivity index (χ4n) is 1.78. The molecule has 0 unspecified atom stereocenters. The molecule has 19 heavy (non-hydrogen) atoms. The molecule has 0 aliphatic heterocycles. The van der Waals surface area contributed by atoms with Crippen molar-refractivity contribution in [3.8, 4) is 5.75 Å². The smallest absolute Gasteiger partial charge is 0.253 e. The van der Waals surface area contributed by atoms with Gasteiger partial charge in [0.2, 0.25) is 5.91 Å². The van der Waals surface area contributed by atoms with E-state index in [-0.39, 0.29) is 29.5 Å². The van der Waals surface area contributed by atoms with E-state index in [1.165, 1.54) is 18.2 Å². The molecule has 2 rings (SSSR count). The van der Waals surface area contributed by atoms with Crippen molar-refractivity contribution in [2.24, 2.45) is 0 Å². The molecule has 1 saturated carbocycles. The monoisotopic (exact) mass is 263 g/mol. The summed E-state index contributed by atoms with van der Waals surface area (Å²) in [6.45, 7) is -0.0685. The molecular weight excluding hydrogens is 246 g/mol. The zero-order valence-corrected chi connectivity index (χ0v) is 10.7. The molecule has 1 aliphatic rings. The maximum Gasteiger partial charge on any atom is 0.253 e. The highest BCUT2D eigenvalue weighted by atomic mass is 16.3. The molecule has 0 atom stereocenters. The third-order valence-corrected chi connectivity index (χ3v) is 3.17. The number of amides is 2. The molecule has 1 fully saturated rings. The maximum absolute atomic E-state index is 11.9. The average Bonchev–Trinajstić information content (AvgIpc) is 3.21. The topological polar surface area (TPSA) is 95.7 Å². The number of anilines is 1. The summed E-state index contributed by atoms with van der Waals surface area (Å²) in [5, 5.41) is 11.8. The molecular formula is C13H17N3O3. The van der Waals surface area contributed by atoms with Gasteiger partial charge in [-0.15, -0.1) is 0 Å². The summed E-state index contributed by atoms with van der Waals surface area (Å²) >= 11 is 0. The zero-order valence-electron chi connectivity index (χ0n) is 10.7. The van der Waals surface area contributed by atoms with Gasteiger partial charge >= 0.3 is 0 Å². The quantitative estimate of drug-likeness (QED) is 0.538. The Morgan fingerprint density at radius 3 is 2.79 bits per heavy atom. The van der Waals surface area contributed by atoms with Crippen LogP contribution in [0.1, 0.15) is 23.2 Å². The van der Waals surface area contributed by atoms with Gasteiger partial charge in [-0.2, -0.15) is 0 Å². The fourth-order valence-corrected chi connectivity index (χ4v) is 1.78. The van der Waals surface area contributed by atoms with Crippen molar-refractivity contribution >= 4 is 17.5 Å². The number of nitrogens with zero attached hydrogens (tertiary/aromatic N) is 1. The van der Waals surface area contributed by atoms with Gasteiger partial charge in [-0.1, -0.05) is 0 Å². The Balaban J connectivity index is 1.93. The van der Waals surface area contributed by atoms with E-state index in [1.807, 2.05) is 0 Å². The van der Waals surface area contributed by atoms with Crippen molar-refractivity contribution in [1.29, 1.82) is 0 Å². The number of hydrogen-bond acceptors (Lipinski definition) is 4. The number of nitrogen functional groups attached to an aromatic ring is 1. The van der Waals surface area contributed by atoms with Gasteiger partial charge < -0.3 is 21.1 Å². The van der Waals surface area contributed by atoms with Gasteiger partial charge in [0.25, 0.3) is 5.91 Å². The van der Waals surface area contributed by atoms with Crippen LogP contribution < -0.4 is 11.1 Å². The number of nitrogens with two attached hydrogens (primary N) is 1. The average molecular weight is 263 g/mol. The van der Waals surface area contributed by atoms with E-state index in [9.17, 15) is 14.7 Å². The molecule has 0 saturated heterocycles.